The molecule has 8 heteroatoms. The van der Waals surface area contributed by atoms with Crippen LogP contribution in [0.15, 0.2) is 17.0 Å². The second kappa shape index (κ2) is 5.01. The zero-order chi connectivity index (χ0) is 15.1. The molecule has 1 aromatic carbocycles. The lowest BCUT2D eigenvalue weighted by Gasteiger charge is -2.12. The van der Waals surface area contributed by atoms with E-state index in [4.69, 9.17) is 4.74 Å². The highest BCUT2D eigenvalue weighted by Gasteiger charge is 2.38. The van der Waals surface area contributed by atoms with Gasteiger partial charge in [0.15, 0.2) is 11.6 Å². The number of rotatable bonds is 1. The molecule has 0 spiro atoms. The number of methoxy groups -OCH3 is 1. The van der Waals surface area contributed by atoms with Gasteiger partial charge in [-0.1, -0.05) is 0 Å². The summed E-state index contributed by atoms with van der Waals surface area (Å²) < 4.78 is 61.3. The van der Waals surface area contributed by atoms with Gasteiger partial charge in [0.25, 0.3) is 0 Å². The number of carbonyl (C=O) groups excluding carboxylic acids is 1. The SMILES string of the molecule is COC(=O)c1cc(F)c2c(c1)S(=O)(=O)[C@@H](F)C[C@@H](C)O2. The van der Waals surface area contributed by atoms with E-state index in [1.54, 1.807) is 0 Å². The predicted octanol–water partition coefficient (Wildman–Crippen LogP) is 1.85. The number of ether oxygens (including phenoxy) is 2. The standard InChI is InChI=1S/C12H12F2O5S/c1-6-3-10(14)20(16,17)9-5-7(12(15)18-2)4-8(13)11(9)19-6/h4-6,10H,3H2,1-2H3/t6-,10-/m1/s1. The van der Waals surface area contributed by atoms with Crippen molar-refractivity contribution in [1.29, 1.82) is 0 Å². The first-order valence-corrected chi connectivity index (χ1v) is 7.28. The molecule has 2 rings (SSSR count). The summed E-state index contributed by atoms with van der Waals surface area (Å²) in [5.74, 6) is -2.53. The van der Waals surface area contributed by atoms with Crippen LogP contribution in [0.5, 0.6) is 5.75 Å². The van der Waals surface area contributed by atoms with Crippen molar-refractivity contribution < 1.29 is 31.5 Å². The van der Waals surface area contributed by atoms with Gasteiger partial charge in [-0.2, -0.15) is 0 Å². The minimum absolute atomic E-state index is 0.322. The van der Waals surface area contributed by atoms with Gasteiger partial charge in [-0.25, -0.2) is 22.0 Å². The third kappa shape index (κ3) is 2.35. The Labute approximate surface area is 114 Å². The number of sulfone groups is 1. The van der Waals surface area contributed by atoms with Gasteiger partial charge >= 0.3 is 5.97 Å². The molecule has 2 atom stereocenters. The van der Waals surface area contributed by atoms with Crippen LogP contribution in [-0.4, -0.2) is 33.1 Å². The molecule has 0 saturated heterocycles. The van der Waals surface area contributed by atoms with Crippen molar-refractivity contribution in [3.8, 4) is 5.75 Å². The topological polar surface area (TPSA) is 69.7 Å². The van der Waals surface area contributed by atoms with Gasteiger partial charge in [0.1, 0.15) is 4.90 Å². The fourth-order valence-corrected chi connectivity index (χ4v) is 3.40. The fraction of sp³-hybridized carbons (Fsp3) is 0.417. The molecule has 1 aliphatic heterocycles. The Morgan fingerprint density at radius 3 is 2.70 bits per heavy atom. The highest BCUT2D eigenvalue weighted by atomic mass is 32.2. The molecule has 5 nitrogen and oxygen atoms in total. The summed E-state index contributed by atoms with van der Waals surface area (Å²) >= 11 is 0. The number of hydrogen-bond donors (Lipinski definition) is 0. The smallest absolute Gasteiger partial charge is 0.337 e. The van der Waals surface area contributed by atoms with Gasteiger partial charge in [-0.05, 0) is 19.1 Å². The van der Waals surface area contributed by atoms with E-state index >= 15 is 0 Å². The fourth-order valence-electron chi connectivity index (χ4n) is 1.90. The number of alkyl halides is 1. The Morgan fingerprint density at radius 1 is 1.45 bits per heavy atom. The molecule has 0 fully saturated rings. The Balaban J connectivity index is 2.71. The summed E-state index contributed by atoms with van der Waals surface area (Å²) in [5, 5.41) is 0. The molecule has 1 aliphatic rings. The number of carbonyl (C=O) groups is 1. The number of benzene rings is 1. The van der Waals surface area contributed by atoms with Gasteiger partial charge < -0.3 is 9.47 Å². The lowest BCUT2D eigenvalue weighted by Crippen LogP contribution is -2.20. The van der Waals surface area contributed by atoms with E-state index in [-0.39, 0.29) is 5.56 Å². The van der Waals surface area contributed by atoms with E-state index in [1.807, 2.05) is 0 Å². The van der Waals surface area contributed by atoms with E-state index in [0.717, 1.165) is 19.2 Å². The monoisotopic (exact) mass is 306 g/mol. The highest BCUT2D eigenvalue weighted by Crippen LogP contribution is 2.37. The van der Waals surface area contributed by atoms with Gasteiger partial charge in [0.2, 0.25) is 15.3 Å². The summed E-state index contributed by atoms with van der Waals surface area (Å²) in [6.45, 7) is 1.44. The molecule has 0 N–H and O–H groups in total. The van der Waals surface area contributed by atoms with Gasteiger partial charge in [0.05, 0.1) is 18.8 Å². The van der Waals surface area contributed by atoms with Crippen LogP contribution < -0.4 is 4.74 Å². The van der Waals surface area contributed by atoms with E-state index in [2.05, 4.69) is 4.74 Å². The highest BCUT2D eigenvalue weighted by molar-refractivity contribution is 7.92. The van der Waals surface area contributed by atoms with Crippen LogP contribution in [0.1, 0.15) is 23.7 Å². The average molecular weight is 306 g/mol. The summed E-state index contributed by atoms with van der Waals surface area (Å²) in [6, 6.07) is 1.66. The van der Waals surface area contributed by atoms with Crippen LogP contribution in [0.2, 0.25) is 0 Å². The normalized spacial score (nSPS) is 24.2. The van der Waals surface area contributed by atoms with Crippen LogP contribution in [0.3, 0.4) is 0 Å². The molecule has 0 amide bonds. The van der Waals surface area contributed by atoms with E-state index < -0.39 is 50.3 Å². The second-order valence-electron chi connectivity index (χ2n) is 4.40. The first-order valence-electron chi connectivity index (χ1n) is 5.74. The summed E-state index contributed by atoms with van der Waals surface area (Å²) in [5.41, 5.74) is -2.54. The number of hydrogen-bond acceptors (Lipinski definition) is 5. The van der Waals surface area contributed by atoms with Crippen molar-refractivity contribution in [3.05, 3.63) is 23.5 Å². The molecule has 1 heterocycles. The number of halogens is 2. The number of esters is 1. The Hall–Kier alpha value is -1.70. The van der Waals surface area contributed by atoms with Crippen molar-refractivity contribution in [2.24, 2.45) is 0 Å². The lowest BCUT2D eigenvalue weighted by atomic mass is 10.2. The molecule has 0 radical (unpaired) electrons. The largest absolute Gasteiger partial charge is 0.486 e. The molecule has 0 unspecified atom stereocenters. The van der Waals surface area contributed by atoms with Crippen LogP contribution in [0.4, 0.5) is 8.78 Å². The molecule has 20 heavy (non-hydrogen) atoms. The zero-order valence-electron chi connectivity index (χ0n) is 10.7. The Bertz CT molecular complexity index is 656. The molecule has 0 bridgehead atoms. The average Bonchev–Trinajstić information content (AvgIpc) is 2.46. The minimum Gasteiger partial charge on any atom is -0.486 e. The van der Waals surface area contributed by atoms with Crippen molar-refractivity contribution in [3.63, 3.8) is 0 Å². The van der Waals surface area contributed by atoms with E-state index in [9.17, 15) is 22.0 Å². The minimum atomic E-state index is -4.42. The quantitative estimate of drug-likeness (QED) is 0.741. The maximum atomic E-state index is 13.9. The number of fused-ring (bicyclic) bond motifs is 1. The molecule has 0 aromatic heterocycles. The first-order chi connectivity index (χ1) is 9.27. The van der Waals surface area contributed by atoms with Gasteiger partial charge in [-0.3, -0.25) is 0 Å². The van der Waals surface area contributed by atoms with Crippen molar-refractivity contribution in [1.82, 2.24) is 0 Å². The maximum absolute atomic E-state index is 13.9. The Kier molecular flexibility index (Phi) is 3.68. The Morgan fingerprint density at radius 2 is 2.10 bits per heavy atom. The third-order valence-corrected chi connectivity index (χ3v) is 4.69. The van der Waals surface area contributed by atoms with Crippen molar-refractivity contribution in [2.75, 3.05) is 7.11 Å². The second-order valence-corrected chi connectivity index (χ2v) is 6.44. The van der Waals surface area contributed by atoms with Crippen LogP contribution in [-0.2, 0) is 14.6 Å². The first kappa shape index (κ1) is 14.7. The molecule has 0 saturated carbocycles. The van der Waals surface area contributed by atoms with Gasteiger partial charge in [0, 0.05) is 6.42 Å². The summed E-state index contributed by atoms with van der Waals surface area (Å²) in [6.07, 6.45) is -1.22. The van der Waals surface area contributed by atoms with Crippen LogP contribution >= 0.6 is 0 Å². The summed E-state index contributed by atoms with van der Waals surface area (Å²) in [7, 11) is -3.35. The maximum Gasteiger partial charge on any atom is 0.337 e. The van der Waals surface area contributed by atoms with E-state index in [0.29, 0.717) is 0 Å². The molecule has 0 aliphatic carbocycles. The van der Waals surface area contributed by atoms with E-state index in [1.165, 1.54) is 6.92 Å². The van der Waals surface area contributed by atoms with Crippen LogP contribution in [0, 0.1) is 5.82 Å². The molecular weight excluding hydrogens is 294 g/mol. The van der Waals surface area contributed by atoms with Crippen LogP contribution in [0.25, 0.3) is 0 Å². The molecular formula is C12H12F2O5S. The van der Waals surface area contributed by atoms with Crippen molar-refractivity contribution in [2.45, 2.75) is 29.8 Å². The molecule has 110 valence electrons. The van der Waals surface area contributed by atoms with Gasteiger partial charge in [-0.15, -0.1) is 0 Å². The van der Waals surface area contributed by atoms with Crippen molar-refractivity contribution >= 4 is 15.8 Å². The third-order valence-electron chi connectivity index (χ3n) is 2.91. The molecule has 1 aromatic rings. The lowest BCUT2D eigenvalue weighted by molar-refractivity contribution is 0.0599. The predicted molar refractivity (Wildman–Crippen MR) is 64.5 cm³/mol. The summed E-state index contributed by atoms with van der Waals surface area (Å²) in [4.78, 5) is 10.7. The zero-order valence-corrected chi connectivity index (χ0v) is 11.5.